The highest BCUT2D eigenvalue weighted by molar-refractivity contribution is 6.74. The molecule has 14 nitrogen and oxygen atoms in total. The highest BCUT2D eigenvalue weighted by atomic mass is 28.4. The van der Waals surface area contributed by atoms with Gasteiger partial charge in [-0.25, -0.2) is 24.6 Å². The lowest BCUT2D eigenvalue weighted by Gasteiger charge is -2.37. The maximum absolute atomic E-state index is 14.1. The lowest BCUT2D eigenvalue weighted by atomic mass is 10.1. The number of nitrogens with one attached hydrogen (secondary N) is 1. The Morgan fingerprint density at radius 3 is 2.14 bits per heavy atom. The van der Waals surface area contributed by atoms with Crippen molar-refractivity contribution in [3.05, 3.63) is 110 Å². The predicted molar refractivity (Wildman–Crippen MR) is 213 cm³/mol. The van der Waals surface area contributed by atoms with Gasteiger partial charge in [-0.3, -0.25) is 19.0 Å². The quantitative estimate of drug-likeness (QED) is 0.0597. The number of anilines is 1. The van der Waals surface area contributed by atoms with Crippen molar-refractivity contribution < 1.29 is 37.8 Å². The molecule has 0 aliphatic carbocycles. The smallest absolute Gasteiger partial charge is 0.328 e. The number of benzene rings is 2. The number of amides is 3. The molecule has 1 aliphatic rings. The van der Waals surface area contributed by atoms with Crippen LogP contribution in [0.4, 0.5) is 5.82 Å². The van der Waals surface area contributed by atoms with Crippen LogP contribution < -0.4 is 10.2 Å². The van der Waals surface area contributed by atoms with Crippen LogP contribution >= 0.6 is 0 Å². The summed E-state index contributed by atoms with van der Waals surface area (Å²) < 4.78 is 27.3. The second kappa shape index (κ2) is 18.1. The number of imide groups is 1. The molecule has 56 heavy (non-hydrogen) atoms. The molecule has 2 aromatic carbocycles. The van der Waals surface area contributed by atoms with Crippen LogP contribution in [0.15, 0.2) is 98.6 Å². The van der Waals surface area contributed by atoms with Crippen LogP contribution in [0.1, 0.15) is 67.5 Å². The first-order chi connectivity index (χ1) is 26.7. The van der Waals surface area contributed by atoms with Gasteiger partial charge in [-0.2, -0.15) is 0 Å². The van der Waals surface area contributed by atoms with Crippen molar-refractivity contribution in [2.24, 2.45) is 0 Å². The molecule has 15 heteroatoms. The minimum absolute atomic E-state index is 0.0418. The van der Waals surface area contributed by atoms with E-state index in [4.69, 9.17) is 18.6 Å². The molecule has 4 aromatic rings. The summed E-state index contributed by atoms with van der Waals surface area (Å²) in [4.78, 5) is 68.8. The van der Waals surface area contributed by atoms with Crippen LogP contribution in [0.2, 0.25) is 18.1 Å². The van der Waals surface area contributed by atoms with Crippen LogP contribution in [0.25, 0.3) is 11.2 Å². The van der Waals surface area contributed by atoms with E-state index in [9.17, 15) is 19.2 Å². The maximum atomic E-state index is 14.1. The van der Waals surface area contributed by atoms with Gasteiger partial charge in [0.05, 0.1) is 19.5 Å². The summed E-state index contributed by atoms with van der Waals surface area (Å²) in [5.74, 6) is -2.28. The average Bonchev–Trinajstić information content (AvgIpc) is 3.76. The molecule has 3 amide bonds. The van der Waals surface area contributed by atoms with Crippen LogP contribution in [-0.4, -0.2) is 89.1 Å². The van der Waals surface area contributed by atoms with Crippen molar-refractivity contribution in [1.29, 1.82) is 0 Å². The molecule has 1 fully saturated rings. The van der Waals surface area contributed by atoms with E-state index in [1.165, 1.54) is 12.7 Å². The van der Waals surface area contributed by atoms with Crippen LogP contribution in [0.5, 0.6) is 0 Å². The summed E-state index contributed by atoms with van der Waals surface area (Å²) in [6.45, 7) is 19.7. The lowest BCUT2D eigenvalue weighted by molar-refractivity contribution is -0.161. The Kier molecular flexibility index (Phi) is 13.5. The molecular formula is C41H50N6O8Si. The zero-order chi connectivity index (χ0) is 40.6. The molecule has 5 rings (SSSR count). The number of aromatic nitrogens is 4. The Balaban J connectivity index is 1.56. The molecule has 0 unspecified atom stereocenters. The third-order valence-corrected chi connectivity index (χ3v) is 14.4. The van der Waals surface area contributed by atoms with E-state index in [0.717, 1.165) is 4.90 Å². The van der Waals surface area contributed by atoms with Gasteiger partial charge in [-0.15, -0.1) is 13.2 Å². The van der Waals surface area contributed by atoms with Gasteiger partial charge in [0.2, 0.25) is 5.91 Å². The summed E-state index contributed by atoms with van der Waals surface area (Å²) in [5.41, 5.74) is 0.885. The molecule has 0 spiro atoms. The number of fused-ring (bicyclic) bond motifs is 1. The highest BCUT2D eigenvalue weighted by Gasteiger charge is 2.51. The fourth-order valence-electron chi connectivity index (χ4n) is 5.81. The van der Waals surface area contributed by atoms with Gasteiger partial charge >= 0.3 is 5.97 Å². The third-order valence-electron chi connectivity index (χ3n) is 9.94. The first-order valence-corrected chi connectivity index (χ1v) is 21.4. The lowest BCUT2D eigenvalue weighted by Crippen LogP contribution is -2.48. The maximum Gasteiger partial charge on any atom is 0.328 e. The largest absolute Gasteiger partial charge is 0.455 e. The molecule has 1 aliphatic heterocycles. The van der Waals surface area contributed by atoms with Gasteiger partial charge in [0.25, 0.3) is 11.8 Å². The average molecular weight is 783 g/mol. The Labute approximate surface area is 328 Å². The van der Waals surface area contributed by atoms with E-state index in [2.05, 4.69) is 67.3 Å². The predicted octanol–water partition coefficient (Wildman–Crippen LogP) is 6.19. The zero-order valence-corrected chi connectivity index (χ0v) is 33.7. The van der Waals surface area contributed by atoms with Crippen molar-refractivity contribution in [3.63, 3.8) is 0 Å². The number of carbonyl (C=O) groups is 4. The fraction of sp³-hybridized carbons (Fsp3) is 0.390. The Morgan fingerprint density at radius 2 is 1.57 bits per heavy atom. The summed E-state index contributed by atoms with van der Waals surface area (Å²) in [5, 5.41) is 2.55. The standard InChI is InChI=1S/C41H50N6O8Si/c1-9-11-22-31(48)45-27(3)40(51)55-33-30(24-53-56(7,8)41(4,5)6)54-39(34(33)52-23-10-2)46-26-44-32-35(46)42-25-43-36(32)47(37(49)28-18-14-12-15-19-28)38(50)29-20-16-13-17-21-29/h9-10,12-21,25-27,30,33-34,39H,1-2,11,22-24H2,3-8H3,(H,45,48)/t27-,30+,33+,34+,39+/m0/s1. The van der Waals surface area contributed by atoms with Gasteiger partial charge in [0.1, 0.15) is 24.6 Å². The summed E-state index contributed by atoms with van der Waals surface area (Å²) in [6.07, 6.45) is 2.73. The van der Waals surface area contributed by atoms with E-state index in [-0.39, 0.29) is 58.7 Å². The SMILES string of the molecule is C=CCCC(=O)N[C@@H](C)C(=O)O[C@H]1[C@@H](OCC=C)[C@H](n2cnc3c(N(C(=O)c4ccccc4)C(=O)c4ccccc4)ncnc32)O[C@@H]1CO[Si](C)(C)C(C)(C)C. The van der Waals surface area contributed by atoms with Gasteiger partial charge in [-0.05, 0) is 55.7 Å². The molecule has 296 valence electrons. The highest BCUT2D eigenvalue weighted by Crippen LogP contribution is 2.40. The molecular weight excluding hydrogens is 733 g/mol. The fourth-order valence-corrected chi connectivity index (χ4v) is 6.82. The monoisotopic (exact) mass is 782 g/mol. The first-order valence-electron chi connectivity index (χ1n) is 18.5. The van der Waals surface area contributed by atoms with E-state index >= 15 is 0 Å². The molecule has 2 aromatic heterocycles. The van der Waals surface area contributed by atoms with Crippen LogP contribution in [0, 0.1) is 0 Å². The minimum atomic E-state index is -2.33. The van der Waals surface area contributed by atoms with Gasteiger partial charge < -0.3 is 24.0 Å². The van der Waals surface area contributed by atoms with E-state index in [0.29, 0.717) is 6.42 Å². The minimum Gasteiger partial charge on any atom is -0.455 e. The normalized spacial score (nSPS) is 18.9. The van der Waals surface area contributed by atoms with Crippen LogP contribution in [-0.2, 0) is 28.2 Å². The van der Waals surface area contributed by atoms with Crippen molar-refractivity contribution >= 4 is 49.0 Å². The Bertz CT molecular complexity index is 1980. The summed E-state index contributed by atoms with van der Waals surface area (Å²) in [6, 6.07) is 15.8. The molecule has 0 saturated carbocycles. The number of esters is 1. The van der Waals surface area contributed by atoms with E-state index in [1.807, 2.05) is 0 Å². The van der Waals surface area contributed by atoms with Crippen molar-refractivity contribution in [3.8, 4) is 0 Å². The van der Waals surface area contributed by atoms with Crippen molar-refractivity contribution in [2.75, 3.05) is 18.1 Å². The zero-order valence-electron chi connectivity index (χ0n) is 32.7. The Hall–Kier alpha value is -5.35. The Morgan fingerprint density at radius 1 is 0.946 bits per heavy atom. The van der Waals surface area contributed by atoms with Crippen LogP contribution in [0.3, 0.4) is 0 Å². The number of nitrogens with zero attached hydrogens (tertiary/aromatic N) is 5. The molecule has 0 radical (unpaired) electrons. The number of rotatable bonds is 16. The third kappa shape index (κ3) is 9.36. The first kappa shape index (κ1) is 41.8. The second-order valence-electron chi connectivity index (χ2n) is 14.9. The molecule has 3 heterocycles. The molecule has 1 saturated heterocycles. The van der Waals surface area contributed by atoms with Crippen molar-refractivity contribution in [1.82, 2.24) is 24.8 Å². The number of ether oxygens (including phenoxy) is 3. The summed E-state index contributed by atoms with van der Waals surface area (Å²) in [7, 11) is -2.33. The van der Waals surface area contributed by atoms with Crippen molar-refractivity contribution in [2.45, 2.75) is 89.3 Å². The van der Waals surface area contributed by atoms with Gasteiger partial charge in [-0.1, -0.05) is 69.3 Å². The number of hydrogen-bond donors (Lipinski definition) is 1. The molecule has 0 bridgehead atoms. The van der Waals surface area contributed by atoms with Gasteiger partial charge in [0, 0.05) is 17.5 Å². The van der Waals surface area contributed by atoms with Gasteiger partial charge in [0.15, 0.2) is 37.6 Å². The molecule has 5 atom stereocenters. The number of carbonyl (C=O) groups excluding carboxylic acids is 4. The van der Waals surface area contributed by atoms with E-state index < -0.39 is 56.7 Å². The topological polar surface area (TPSA) is 164 Å². The number of hydrogen-bond acceptors (Lipinski definition) is 11. The second-order valence-corrected chi connectivity index (χ2v) is 19.7. The molecule has 1 N–H and O–H groups in total. The number of allylic oxidation sites excluding steroid dienone is 1. The number of imidazole rings is 1. The van der Waals surface area contributed by atoms with E-state index in [1.54, 1.807) is 84.3 Å². The summed E-state index contributed by atoms with van der Waals surface area (Å²) >= 11 is 0.